The fraction of sp³-hybridized carbons (Fsp3) is 0.625. The summed E-state index contributed by atoms with van der Waals surface area (Å²) in [4.78, 5) is 2.84. The molecule has 0 aliphatic carbocycles. The van der Waals surface area contributed by atoms with Crippen LogP contribution in [0.2, 0.25) is 0 Å². The van der Waals surface area contributed by atoms with Gasteiger partial charge in [-0.3, -0.25) is 0 Å². The van der Waals surface area contributed by atoms with Crippen LogP contribution in [0.5, 0.6) is 0 Å². The first kappa shape index (κ1) is 14.9. The summed E-state index contributed by atoms with van der Waals surface area (Å²) in [5.74, 6) is 1.45. The largest absolute Gasteiger partial charge is 0.367 e. The first-order valence-corrected chi connectivity index (χ1v) is 9.52. The highest BCUT2D eigenvalue weighted by Gasteiger charge is 2.44. The predicted molar refractivity (Wildman–Crippen MR) is 85.4 cm³/mol. The lowest BCUT2D eigenvalue weighted by atomic mass is 9.93. The molecule has 21 heavy (non-hydrogen) atoms. The minimum Gasteiger partial charge on any atom is -0.367 e. The Balaban J connectivity index is 2.01. The molecule has 4 nitrogen and oxygen atoms in total. The first-order valence-electron chi connectivity index (χ1n) is 7.87. The molecule has 0 bridgehead atoms. The zero-order chi connectivity index (χ0) is 15.0. The summed E-state index contributed by atoms with van der Waals surface area (Å²) < 4.78 is 24.8. The van der Waals surface area contributed by atoms with Crippen molar-refractivity contribution in [1.29, 1.82) is 0 Å². The number of benzene rings is 1. The molecule has 116 valence electrons. The molecule has 0 spiro atoms. The van der Waals surface area contributed by atoms with E-state index < -0.39 is 9.84 Å². The van der Waals surface area contributed by atoms with E-state index in [2.05, 4.69) is 17.1 Å². The Morgan fingerprint density at radius 1 is 1.24 bits per heavy atom. The maximum absolute atomic E-state index is 12.4. The van der Waals surface area contributed by atoms with Crippen LogP contribution in [0.25, 0.3) is 0 Å². The van der Waals surface area contributed by atoms with Gasteiger partial charge in [0.1, 0.15) is 0 Å². The van der Waals surface area contributed by atoms with Crippen molar-refractivity contribution in [1.82, 2.24) is 5.32 Å². The predicted octanol–water partition coefficient (Wildman–Crippen LogP) is 1.91. The van der Waals surface area contributed by atoms with E-state index in [1.54, 1.807) is 13.0 Å². The molecule has 3 atom stereocenters. The van der Waals surface area contributed by atoms with Gasteiger partial charge >= 0.3 is 0 Å². The molecule has 2 heterocycles. The Bertz CT molecular complexity index is 614. The fourth-order valence-corrected chi connectivity index (χ4v) is 5.04. The topological polar surface area (TPSA) is 49.4 Å². The van der Waals surface area contributed by atoms with E-state index in [0.717, 1.165) is 31.7 Å². The van der Waals surface area contributed by atoms with Crippen LogP contribution < -0.4 is 10.2 Å². The zero-order valence-electron chi connectivity index (χ0n) is 12.7. The molecule has 0 amide bonds. The molecule has 0 radical (unpaired) electrons. The number of fused-ring (bicyclic) bond motifs is 1. The van der Waals surface area contributed by atoms with Crippen LogP contribution in [-0.4, -0.2) is 39.8 Å². The fourth-order valence-electron chi connectivity index (χ4n) is 3.94. The lowest BCUT2D eigenvalue weighted by Gasteiger charge is -2.30. The van der Waals surface area contributed by atoms with E-state index in [1.807, 2.05) is 18.2 Å². The van der Waals surface area contributed by atoms with Gasteiger partial charge in [-0.2, -0.15) is 0 Å². The normalized spacial score (nSPS) is 28.9. The van der Waals surface area contributed by atoms with Gasteiger partial charge in [0.2, 0.25) is 0 Å². The number of rotatable bonds is 4. The first-order chi connectivity index (χ1) is 10.1. The number of hydrogen-bond donors (Lipinski definition) is 1. The van der Waals surface area contributed by atoms with Crippen molar-refractivity contribution in [3.63, 3.8) is 0 Å². The minimum atomic E-state index is -3.18. The summed E-state index contributed by atoms with van der Waals surface area (Å²) >= 11 is 0. The Kier molecular flexibility index (Phi) is 3.97. The second-order valence-electron chi connectivity index (χ2n) is 6.08. The second-order valence-corrected chi connectivity index (χ2v) is 8.33. The number of nitrogens with zero attached hydrogens (tertiary/aromatic N) is 1. The van der Waals surface area contributed by atoms with Crippen LogP contribution in [0, 0.1) is 11.8 Å². The van der Waals surface area contributed by atoms with E-state index in [0.29, 0.717) is 22.8 Å². The van der Waals surface area contributed by atoms with Crippen LogP contribution in [0.3, 0.4) is 0 Å². The van der Waals surface area contributed by atoms with E-state index in [9.17, 15) is 8.42 Å². The van der Waals surface area contributed by atoms with Crippen molar-refractivity contribution in [2.24, 2.45) is 11.8 Å². The quantitative estimate of drug-likeness (QED) is 0.923. The van der Waals surface area contributed by atoms with Gasteiger partial charge in [0.25, 0.3) is 0 Å². The highest BCUT2D eigenvalue weighted by molar-refractivity contribution is 7.91. The lowest BCUT2D eigenvalue weighted by molar-refractivity contribution is 0.441. The standard InChI is InChI=1S/C16H24N2O2S/c1-3-14-13-10-17-9-12(13)11-18(14)15-7-5-6-8-16(15)21(19,20)4-2/h5-8,12-14,17H,3-4,9-11H2,1-2H3. The molecule has 2 aliphatic heterocycles. The molecule has 0 aromatic heterocycles. The molecule has 3 rings (SSSR count). The van der Waals surface area contributed by atoms with Gasteiger partial charge in [-0.25, -0.2) is 8.42 Å². The molecule has 1 aromatic rings. The van der Waals surface area contributed by atoms with Crippen molar-refractivity contribution in [3.8, 4) is 0 Å². The molecular weight excluding hydrogens is 284 g/mol. The van der Waals surface area contributed by atoms with Gasteiger partial charge in [-0.15, -0.1) is 0 Å². The highest BCUT2D eigenvalue weighted by Crippen LogP contribution is 2.39. The monoisotopic (exact) mass is 308 g/mol. The number of nitrogens with one attached hydrogen (secondary N) is 1. The third-order valence-corrected chi connectivity index (χ3v) is 6.80. The Labute approximate surface area is 127 Å². The average Bonchev–Trinajstić information content (AvgIpc) is 3.07. The molecule has 2 aliphatic rings. The van der Waals surface area contributed by atoms with Gasteiger partial charge < -0.3 is 10.2 Å². The number of para-hydroxylation sites is 1. The van der Waals surface area contributed by atoms with Gasteiger partial charge in [-0.1, -0.05) is 26.0 Å². The molecular formula is C16H24N2O2S. The Morgan fingerprint density at radius 3 is 2.71 bits per heavy atom. The summed E-state index contributed by atoms with van der Waals surface area (Å²) in [6.07, 6.45) is 1.06. The van der Waals surface area contributed by atoms with E-state index in [-0.39, 0.29) is 5.75 Å². The number of hydrogen-bond acceptors (Lipinski definition) is 4. The van der Waals surface area contributed by atoms with Gasteiger partial charge in [0.15, 0.2) is 9.84 Å². The Hall–Kier alpha value is -1.07. The van der Waals surface area contributed by atoms with Crippen molar-refractivity contribution < 1.29 is 8.42 Å². The zero-order valence-corrected chi connectivity index (χ0v) is 13.6. The van der Waals surface area contributed by atoms with Crippen molar-refractivity contribution in [2.45, 2.75) is 31.2 Å². The summed E-state index contributed by atoms with van der Waals surface area (Å²) in [6, 6.07) is 7.94. The summed E-state index contributed by atoms with van der Waals surface area (Å²) in [7, 11) is -3.18. The molecule has 5 heteroatoms. The molecule has 0 saturated carbocycles. The van der Waals surface area contributed by atoms with Crippen LogP contribution in [0.1, 0.15) is 20.3 Å². The van der Waals surface area contributed by atoms with Crippen LogP contribution >= 0.6 is 0 Å². The summed E-state index contributed by atoms with van der Waals surface area (Å²) in [5, 5.41) is 3.47. The molecule has 1 N–H and O–H groups in total. The molecule has 3 unspecified atom stereocenters. The Morgan fingerprint density at radius 2 is 2.00 bits per heavy atom. The van der Waals surface area contributed by atoms with Crippen molar-refractivity contribution in [2.75, 3.05) is 30.3 Å². The van der Waals surface area contributed by atoms with Crippen LogP contribution in [0.15, 0.2) is 29.2 Å². The maximum Gasteiger partial charge on any atom is 0.180 e. The number of anilines is 1. The number of sulfone groups is 1. The van der Waals surface area contributed by atoms with E-state index in [1.165, 1.54) is 0 Å². The second kappa shape index (κ2) is 5.61. The average molecular weight is 308 g/mol. The SMILES string of the molecule is CCC1C2CNCC2CN1c1ccccc1S(=O)(=O)CC. The highest BCUT2D eigenvalue weighted by atomic mass is 32.2. The summed E-state index contributed by atoms with van der Waals surface area (Å²) in [5.41, 5.74) is 0.903. The van der Waals surface area contributed by atoms with Crippen LogP contribution in [0.4, 0.5) is 5.69 Å². The molecule has 1 aromatic carbocycles. The van der Waals surface area contributed by atoms with Gasteiger partial charge in [0, 0.05) is 25.7 Å². The van der Waals surface area contributed by atoms with E-state index >= 15 is 0 Å². The van der Waals surface area contributed by atoms with Crippen LogP contribution in [-0.2, 0) is 9.84 Å². The van der Waals surface area contributed by atoms with E-state index in [4.69, 9.17) is 0 Å². The molecule has 2 saturated heterocycles. The molecule has 2 fully saturated rings. The lowest BCUT2D eigenvalue weighted by Crippen LogP contribution is -2.36. The third-order valence-electron chi connectivity index (χ3n) is 5.03. The smallest absolute Gasteiger partial charge is 0.180 e. The van der Waals surface area contributed by atoms with Crippen molar-refractivity contribution >= 4 is 15.5 Å². The third kappa shape index (κ3) is 2.46. The maximum atomic E-state index is 12.4. The van der Waals surface area contributed by atoms with Gasteiger partial charge in [-0.05, 0) is 30.4 Å². The van der Waals surface area contributed by atoms with Gasteiger partial charge in [0.05, 0.1) is 16.3 Å². The summed E-state index contributed by atoms with van der Waals surface area (Å²) in [6.45, 7) is 7.00. The minimum absolute atomic E-state index is 0.156. The van der Waals surface area contributed by atoms with Crippen molar-refractivity contribution in [3.05, 3.63) is 24.3 Å².